The molecule has 0 saturated carbocycles. The van der Waals surface area contributed by atoms with Gasteiger partial charge in [0.1, 0.15) is 18.2 Å². The van der Waals surface area contributed by atoms with Gasteiger partial charge in [-0.2, -0.15) is 0 Å². The molecule has 0 unspecified atom stereocenters. The van der Waals surface area contributed by atoms with Crippen LogP contribution in [0, 0.1) is 5.82 Å². The van der Waals surface area contributed by atoms with Gasteiger partial charge in [0.25, 0.3) is 0 Å². The molecule has 0 radical (unpaired) electrons. The highest BCUT2D eigenvalue weighted by molar-refractivity contribution is 9.10. The second-order valence-electron chi connectivity index (χ2n) is 4.38. The van der Waals surface area contributed by atoms with Crippen molar-refractivity contribution in [2.75, 3.05) is 0 Å². The standard InChI is InChI=1S/C15H13BrClFO2/c1-9(19)13-7-12(17)3-5-15(13)20-8-10-6-11(16)2-4-14(10)18/h2-7,9,19H,8H2,1H3/t9-/m1/s1. The number of aliphatic hydroxyl groups is 1. The summed E-state index contributed by atoms with van der Waals surface area (Å²) < 4.78 is 20.0. The minimum absolute atomic E-state index is 0.0760. The molecule has 0 heterocycles. The fourth-order valence-electron chi connectivity index (χ4n) is 1.79. The van der Waals surface area contributed by atoms with Crippen molar-refractivity contribution < 1.29 is 14.2 Å². The summed E-state index contributed by atoms with van der Waals surface area (Å²) in [5, 5.41) is 10.2. The number of hydrogen-bond acceptors (Lipinski definition) is 2. The lowest BCUT2D eigenvalue weighted by Crippen LogP contribution is -2.02. The fourth-order valence-corrected chi connectivity index (χ4v) is 2.38. The van der Waals surface area contributed by atoms with Crippen molar-refractivity contribution in [3.63, 3.8) is 0 Å². The Morgan fingerprint density at radius 3 is 2.75 bits per heavy atom. The van der Waals surface area contributed by atoms with Crippen LogP contribution in [0.2, 0.25) is 5.02 Å². The zero-order chi connectivity index (χ0) is 14.7. The normalized spacial score (nSPS) is 12.2. The molecule has 2 rings (SSSR count). The molecule has 2 nitrogen and oxygen atoms in total. The van der Waals surface area contributed by atoms with Gasteiger partial charge in [-0.05, 0) is 43.3 Å². The summed E-state index contributed by atoms with van der Waals surface area (Å²) in [6.07, 6.45) is -0.712. The van der Waals surface area contributed by atoms with Crippen molar-refractivity contribution in [2.24, 2.45) is 0 Å². The Morgan fingerprint density at radius 1 is 1.30 bits per heavy atom. The molecule has 0 spiro atoms. The topological polar surface area (TPSA) is 29.5 Å². The molecule has 106 valence electrons. The van der Waals surface area contributed by atoms with E-state index in [0.717, 1.165) is 4.47 Å². The van der Waals surface area contributed by atoms with Crippen LogP contribution in [0.4, 0.5) is 4.39 Å². The average molecular weight is 360 g/mol. The third kappa shape index (κ3) is 3.72. The Labute approximate surface area is 130 Å². The van der Waals surface area contributed by atoms with E-state index in [1.54, 1.807) is 37.3 Å². The molecule has 0 amide bonds. The van der Waals surface area contributed by atoms with Gasteiger partial charge in [-0.3, -0.25) is 0 Å². The lowest BCUT2D eigenvalue weighted by atomic mass is 10.1. The highest BCUT2D eigenvalue weighted by Gasteiger charge is 2.11. The first kappa shape index (κ1) is 15.3. The van der Waals surface area contributed by atoms with Crippen molar-refractivity contribution in [1.29, 1.82) is 0 Å². The Kier molecular flexibility index (Phi) is 5.02. The number of halogens is 3. The van der Waals surface area contributed by atoms with Gasteiger partial charge in [0.15, 0.2) is 0 Å². The molecule has 20 heavy (non-hydrogen) atoms. The maximum absolute atomic E-state index is 13.6. The molecular formula is C15H13BrClFO2. The van der Waals surface area contributed by atoms with E-state index in [2.05, 4.69) is 15.9 Å². The van der Waals surface area contributed by atoms with Crippen molar-refractivity contribution in [1.82, 2.24) is 0 Å². The summed E-state index contributed by atoms with van der Waals surface area (Å²) in [7, 11) is 0. The van der Waals surface area contributed by atoms with Gasteiger partial charge in [-0.25, -0.2) is 4.39 Å². The van der Waals surface area contributed by atoms with Crippen molar-refractivity contribution in [2.45, 2.75) is 19.6 Å². The van der Waals surface area contributed by atoms with E-state index < -0.39 is 6.10 Å². The summed E-state index contributed by atoms with van der Waals surface area (Å²) in [4.78, 5) is 0. The molecule has 0 bridgehead atoms. The van der Waals surface area contributed by atoms with Gasteiger partial charge in [0.2, 0.25) is 0 Å². The van der Waals surface area contributed by atoms with Gasteiger partial charge in [-0.1, -0.05) is 27.5 Å². The molecule has 0 aliphatic heterocycles. The molecule has 0 aliphatic carbocycles. The van der Waals surface area contributed by atoms with E-state index in [-0.39, 0.29) is 12.4 Å². The van der Waals surface area contributed by atoms with Gasteiger partial charge in [0, 0.05) is 20.6 Å². The zero-order valence-electron chi connectivity index (χ0n) is 10.7. The van der Waals surface area contributed by atoms with Crippen LogP contribution in [-0.4, -0.2) is 5.11 Å². The predicted molar refractivity (Wildman–Crippen MR) is 80.5 cm³/mol. The Hall–Kier alpha value is -1.10. The summed E-state index contributed by atoms with van der Waals surface area (Å²) >= 11 is 9.18. The van der Waals surface area contributed by atoms with Crippen LogP contribution < -0.4 is 4.74 Å². The monoisotopic (exact) mass is 358 g/mol. The van der Waals surface area contributed by atoms with E-state index in [0.29, 0.717) is 21.9 Å². The Bertz CT molecular complexity index is 617. The van der Waals surface area contributed by atoms with Crippen LogP contribution in [0.25, 0.3) is 0 Å². The molecule has 1 N–H and O–H groups in total. The summed E-state index contributed by atoms with van der Waals surface area (Å²) in [6, 6.07) is 9.63. The molecular weight excluding hydrogens is 347 g/mol. The highest BCUT2D eigenvalue weighted by Crippen LogP contribution is 2.29. The van der Waals surface area contributed by atoms with E-state index in [4.69, 9.17) is 16.3 Å². The molecule has 0 aromatic heterocycles. The maximum Gasteiger partial charge on any atom is 0.129 e. The SMILES string of the molecule is C[C@@H](O)c1cc(Cl)ccc1OCc1cc(Br)ccc1F. The number of ether oxygens (including phenoxy) is 1. The largest absolute Gasteiger partial charge is 0.488 e. The van der Waals surface area contributed by atoms with Crippen molar-refractivity contribution in [3.05, 3.63) is 62.8 Å². The quantitative estimate of drug-likeness (QED) is 0.843. The van der Waals surface area contributed by atoms with E-state index >= 15 is 0 Å². The van der Waals surface area contributed by atoms with Crippen LogP contribution in [0.1, 0.15) is 24.2 Å². The maximum atomic E-state index is 13.6. The molecule has 5 heteroatoms. The van der Waals surface area contributed by atoms with Gasteiger partial charge in [0.05, 0.1) is 6.10 Å². The summed E-state index contributed by atoms with van der Waals surface area (Å²) in [6.45, 7) is 1.70. The molecule has 2 aromatic rings. The fraction of sp³-hybridized carbons (Fsp3) is 0.200. The molecule has 2 aromatic carbocycles. The Morgan fingerprint density at radius 2 is 2.05 bits per heavy atom. The van der Waals surface area contributed by atoms with Gasteiger partial charge < -0.3 is 9.84 Å². The second kappa shape index (κ2) is 6.57. The number of benzene rings is 2. The minimum atomic E-state index is -0.712. The van der Waals surface area contributed by atoms with E-state index in [1.165, 1.54) is 6.07 Å². The van der Waals surface area contributed by atoms with Crippen molar-refractivity contribution in [3.8, 4) is 5.75 Å². The molecule has 0 saturated heterocycles. The van der Waals surface area contributed by atoms with Crippen molar-refractivity contribution >= 4 is 27.5 Å². The zero-order valence-corrected chi connectivity index (χ0v) is 13.1. The molecule has 0 fully saturated rings. The first-order valence-corrected chi connectivity index (χ1v) is 7.18. The van der Waals surface area contributed by atoms with Crippen LogP contribution in [0.5, 0.6) is 5.75 Å². The van der Waals surface area contributed by atoms with Gasteiger partial charge in [-0.15, -0.1) is 0 Å². The Balaban J connectivity index is 2.20. The first-order chi connectivity index (χ1) is 9.47. The second-order valence-corrected chi connectivity index (χ2v) is 5.73. The third-order valence-corrected chi connectivity index (χ3v) is 3.54. The third-order valence-electron chi connectivity index (χ3n) is 2.81. The molecule has 1 atom stereocenters. The average Bonchev–Trinajstić information content (AvgIpc) is 2.40. The highest BCUT2D eigenvalue weighted by atomic mass is 79.9. The van der Waals surface area contributed by atoms with E-state index in [9.17, 15) is 9.50 Å². The van der Waals surface area contributed by atoms with E-state index in [1.807, 2.05) is 0 Å². The first-order valence-electron chi connectivity index (χ1n) is 6.01. The van der Waals surface area contributed by atoms with Crippen LogP contribution in [0.3, 0.4) is 0 Å². The molecule has 0 aliphatic rings. The number of hydrogen-bond donors (Lipinski definition) is 1. The number of aliphatic hydroxyl groups excluding tert-OH is 1. The summed E-state index contributed by atoms with van der Waals surface area (Å²) in [5.41, 5.74) is 1.01. The predicted octanol–water partition coefficient (Wildman–Crippen LogP) is 4.87. The number of rotatable bonds is 4. The lowest BCUT2D eigenvalue weighted by molar-refractivity contribution is 0.190. The lowest BCUT2D eigenvalue weighted by Gasteiger charge is -2.14. The smallest absolute Gasteiger partial charge is 0.129 e. The summed E-state index contributed by atoms with van der Waals surface area (Å²) in [5.74, 6) is 0.157. The van der Waals surface area contributed by atoms with Crippen LogP contribution in [-0.2, 0) is 6.61 Å². The minimum Gasteiger partial charge on any atom is -0.488 e. The van der Waals surface area contributed by atoms with Gasteiger partial charge >= 0.3 is 0 Å². The van der Waals surface area contributed by atoms with Crippen LogP contribution in [0.15, 0.2) is 40.9 Å². The van der Waals surface area contributed by atoms with Crippen LogP contribution >= 0.6 is 27.5 Å².